The lowest BCUT2D eigenvalue weighted by molar-refractivity contribution is 0.594. The maximum atomic E-state index is 12.9. The van der Waals surface area contributed by atoms with Gasteiger partial charge >= 0.3 is 0 Å². The summed E-state index contributed by atoms with van der Waals surface area (Å²) in [6.45, 7) is 0. The zero-order valence-corrected chi connectivity index (χ0v) is 14.7. The van der Waals surface area contributed by atoms with Crippen LogP contribution >= 0.6 is 0 Å². The molecule has 0 N–H and O–H groups in total. The Labute approximate surface area is 151 Å². The molecule has 0 fully saturated rings. The second-order valence-electron chi connectivity index (χ2n) is 6.45. The van der Waals surface area contributed by atoms with Gasteiger partial charge in [0.2, 0.25) is 0 Å². The highest BCUT2D eigenvalue weighted by molar-refractivity contribution is 7.90. The van der Waals surface area contributed by atoms with Gasteiger partial charge in [-0.1, -0.05) is 66.7 Å². The van der Waals surface area contributed by atoms with Gasteiger partial charge in [0.15, 0.2) is 9.84 Å². The molecule has 4 heteroatoms. The lowest BCUT2D eigenvalue weighted by Crippen LogP contribution is -2.15. The van der Waals surface area contributed by atoms with Crippen molar-refractivity contribution in [1.29, 1.82) is 0 Å². The number of rotatable bonds is 1. The summed E-state index contributed by atoms with van der Waals surface area (Å²) in [4.78, 5) is 5.21. The van der Waals surface area contributed by atoms with Gasteiger partial charge < -0.3 is 0 Å². The average molecular weight is 357 g/mol. The first-order valence-corrected chi connectivity index (χ1v) is 10.1. The Balaban J connectivity index is 1.98. The minimum Gasteiger partial charge on any atom is -0.247 e. The summed E-state index contributed by atoms with van der Waals surface area (Å²) < 4.78 is 25.9. The Morgan fingerprint density at radius 3 is 2.31 bits per heavy atom. The van der Waals surface area contributed by atoms with Gasteiger partial charge in [-0.15, -0.1) is 0 Å². The van der Waals surface area contributed by atoms with Gasteiger partial charge in [0.1, 0.15) is 0 Å². The van der Waals surface area contributed by atoms with Crippen molar-refractivity contribution in [1.82, 2.24) is 4.98 Å². The third-order valence-corrected chi connectivity index (χ3v) is 6.56. The van der Waals surface area contributed by atoms with Gasteiger partial charge in [-0.3, -0.25) is 0 Å². The maximum absolute atomic E-state index is 12.9. The van der Waals surface area contributed by atoms with Crippen molar-refractivity contribution in [3.63, 3.8) is 0 Å². The van der Waals surface area contributed by atoms with E-state index in [2.05, 4.69) is 0 Å². The van der Waals surface area contributed by atoms with Gasteiger partial charge in [-0.2, -0.15) is 0 Å². The number of nitrogens with zero attached hydrogens (tertiary/aromatic N) is 1. The first-order chi connectivity index (χ1) is 12.6. The number of fused-ring (bicyclic) bond motifs is 4. The molecule has 0 bridgehead atoms. The van der Waals surface area contributed by atoms with E-state index in [4.69, 9.17) is 4.98 Å². The summed E-state index contributed by atoms with van der Waals surface area (Å²) >= 11 is 0. The lowest BCUT2D eigenvalue weighted by Gasteiger charge is -2.23. The van der Waals surface area contributed by atoms with E-state index in [1.165, 1.54) is 0 Å². The second-order valence-corrected chi connectivity index (χ2v) is 8.41. The van der Waals surface area contributed by atoms with Gasteiger partial charge in [-0.05, 0) is 23.3 Å². The maximum Gasteiger partial charge on any atom is 0.183 e. The van der Waals surface area contributed by atoms with E-state index < -0.39 is 9.84 Å². The highest BCUT2D eigenvalue weighted by Gasteiger charge is 2.31. The molecule has 1 aliphatic heterocycles. The van der Waals surface area contributed by atoms with Crippen LogP contribution in [-0.2, 0) is 15.6 Å². The van der Waals surface area contributed by atoms with Crippen LogP contribution in [0.4, 0.5) is 0 Å². The van der Waals surface area contributed by atoms with Crippen molar-refractivity contribution in [3.05, 3.63) is 84.4 Å². The Kier molecular flexibility index (Phi) is 3.24. The Morgan fingerprint density at radius 1 is 0.769 bits per heavy atom. The molecule has 126 valence electrons. The summed E-state index contributed by atoms with van der Waals surface area (Å²) in [6.07, 6.45) is 0. The van der Waals surface area contributed by atoms with E-state index in [1.807, 2.05) is 66.7 Å². The van der Waals surface area contributed by atoms with Crippen molar-refractivity contribution in [3.8, 4) is 22.4 Å². The summed E-state index contributed by atoms with van der Waals surface area (Å²) in [6, 6.07) is 25.0. The number of sulfone groups is 1. The molecular formula is C22H15NO2S. The average Bonchev–Trinajstić information content (AvgIpc) is 2.67. The molecule has 5 rings (SSSR count). The molecule has 3 nitrogen and oxygen atoms in total. The van der Waals surface area contributed by atoms with Crippen LogP contribution in [0.25, 0.3) is 33.3 Å². The Morgan fingerprint density at radius 2 is 1.46 bits per heavy atom. The topological polar surface area (TPSA) is 47.0 Å². The molecule has 26 heavy (non-hydrogen) atoms. The molecule has 1 aromatic heterocycles. The van der Waals surface area contributed by atoms with Crippen LogP contribution in [-0.4, -0.2) is 13.4 Å². The van der Waals surface area contributed by atoms with Crippen LogP contribution in [0.5, 0.6) is 0 Å². The predicted octanol–water partition coefficient (Wildman–Crippen LogP) is 4.86. The van der Waals surface area contributed by atoms with E-state index in [1.54, 1.807) is 12.1 Å². The third kappa shape index (κ3) is 2.19. The normalized spacial score (nSPS) is 14.6. The van der Waals surface area contributed by atoms with Crippen LogP contribution in [0.3, 0.4) is 0 Å². The van der Waals surface area contributed by atoms with E-state index in [0.29, 0.717) is 10.5 Å². The quantitative estimate of drug-likeness (QED) is 0.489. The van der Waals surface area contributed by atoms with Crippen molar-refractivity contribution in [2.45, 2.75) is 10.6 Å². The van der Waals surface area contributed by atoms with E-state index in [9.17, 15) is 8.42 Å². The van der Waals surface area contributed by atoms with Crippen molar-refractivity contribution >= 4 is 20.7 Å². The van der Waals surface area contributed by atoms with E-state index >= 15 is 0 Å². The lowest BCUT2D eigenvalue weighted by atomic mass is 9.92. The first-order valence-electron chi connectivity index (χ1n) is 8.44. The Bertz CT molecular complexity index is 1260. The SMILES string of the molecule is O=S1(=O)Cc2c(nc3ccccc3c2-c2ccccc2)-c2ccccc21. The molecule has 0 spiro atoms. The fraction of sp³-hybridized carbons (Fsp3) is 0.0455. The minimum atomic E-state index is -3.39. The first kappa shape index (κ1) is 15.3. The van der Waals surface area contributed by atoms with Crippen LogP contribution in [0.15, 0.2) is 83.8 Å². The van der Waals surface area contributed by atoms with Crippen LogP contribution in [0, 0.1) is 0 Å². The van der Waals surface area contributed by atoms with Gasteiger partial charge in [0, 0.05) is 16.5 Å². The smallest absolute Gasteiger partial charge is 0.183 e. The molecular weight excluding hydrogens is 342 g/mol. The second kappa shape index (κ2) is 5.51. The van der Waals surface area contributed by atoms with Crippen molar-refractivity contribution in [2.75, 3.05) is 0 Å². The minimum absolute atomic E-state index is 0.0264. The fourth-order valence-electron chi connectivity index (χ4n) is 3.75. The molecule has 0 saturated heterocycles. The standard InChI is InChI=1S/C22H15NO2S/c24-26(25)14-18-21(15-8-2-1-3-9-15)16-10-4-6-12-19(16)23-22(18)17-11-5-7-13-20(17)26/h1-13H,14H2. The Hall–Kier alpha value is -2.98. The molecule has 0 amide bonds. The van der Waals surface area contributed by atoms with Crippen LogP contribution in [0.2, 0.25) is 0 Å². The monoisotopic (exact) mass is 357 g/mol. The number of hydrogen-bond acceptors (Lipinski definition) is 3. The molecule has 4 aromatic rings. The molecule has 3 aromatic carbocycles. The number of pyridine rings is 1. The third-order valence-electron chi connectivity index (χ3n) is 4.87. The predicted molar refractivity (Wildman–Crippen MR) is 104 cm³/mol. The van der Waals surface area contributed by atoms with E-state index in [0.717, 1.165) is 33.3 Å². The highest BCUT2D eigenvalue weighted by Crippen LogP contribution is 2.43. The molecule has 0 atom stereocenters. The fourth-order valence-corrected chi connectivity index (χ4v) is 5.35. The number of aromatic nitrogens is 1. The molecule has 1 aliphatic rings. The van der Waals surface area contributed by atoms with Crippen molar-refractivity contribution in [2.24, 2.45) is 0 Å². The zero-order chi connectivity index (χ0) is 17.7. The largest absolute Gasteiger partial charge is 0.247 e. The van der Waals surface area contributed by atoms with Crippen LogP contribution in [0.1, 0.15) is 5.56 Å². The summed E-state index contributed by atoms with van der Waals surface area (Å²) in [5, 5.41) is 0.979. The summed E-state index contributed by atoms with van der Waals surface area (Å²) in [7, 11) is -3.39. The molecule has 0 radical (unpaired) electrons. The van der Waals surface area contributed by atoms with Crippen LogP contribution < -0.4 is 0 Å². The van der Waals surface area contributed by atoms with Gasteiger partial charge in [0.25, 0.3) is 0 Å². The summed E-state index contributed by atoms with van der Waals surface area (Å²) in [5.74, 6) is -0.0264. The molecule has 2 heterocycles. The van der Waals surface area contributed by atoms with Gasteiger partial charge in [0.05, 0.1) is 21.9 Å². The van der Waals surface area contributed by atoms with Crippen molar-refractivity contribution < 1.29 is 8.42 Å². The van der Waals surface area contributed by atoms with E-state index in [-0.39, 0.29) is 5.75 Å². The molecule has 0 unspecified atom stereocenters. The summed E-state index contributed by atoms with van der Waals surface area (Å²) in [5.41, 5.74) is 5.10. The van der Waals surface area contributed by atoms with Gasteiger partial charge in [-0.25, -0.2) is 13.4 Å². The number of para-hydroxylation sites is 1. The molecule has 0 saturated carbocycles. The number of hydrogen-bond donors (Lipinski definition) is 0. The number of benzene rings is 3. The molecule has 0 aliphatic carbocycles. The zero-order valence-electron chi connectivity index (χ0n) is 13.9. The highest BCUT2D eigenvalue weighted by atomic mass is 32.2.